The molecule has 2 heterocycles. The molecule has 0 unspecified atom stereocenters. The van der Waals surface area contributed by atoms with E-state index in [1.54, 1.807) is 0 Å². The molecule has 29 heavy (non-hydrogen) atoms. The third-order valence-electron chi connectivity index (χ3n) is 5.95. The van der Waals surface area contributed by atoms with Crippen molar-refractivity contribution in [3.05, 3.63) is 60.2 Å². The second-order valence-corrected chi connectivity index (χ2v) is 7.82. The number of carbonyl (C=O) groups excluding carboxylic acids is 1. The third kappa shape index (κ3) is 5.43. The molecule has 1 spiro atoms. The maximum atomic E-state index is 12.6. The predicted molar refractivity (Wildman–Crippen MR) is 116 cm³/mol. The van der Waals surface area contributed by atoms with Crippen molar-refractivity contribution < 1.29 is 14.3 Å². The smallest absolute Gasteiger partial charge is 0.260 e. The molecule has 4 rings (SSSR count). The summed E-state index contributed by atoms with van der Waals surface area (Å²) in [5, 5.41) is 3.46. The van der Waals surface area contributed by atoms with Gasteiger partial charge in [0.1, 0.15) is 6.61 Å². The van der Waals surface area contributed by atoms with Crippen LogP contribution in [-0.2, 0) is 11.4 Å². The van der Waals surface area contributed by atoms with E-state index in [1.807, 2.05) is 59.5 Å². The molecule has 2 saturated heterocycles. The minimum Gasteiger partial charge on any atom is -0.485 e. The number of rotatable bonds is 6. The zero-order valence-electron chi connectivity index (χ0n) is 16.6. The molecular weight excluding hydrogens is 388 g/mol. The van der Waals surface area contributed by atoms with Crippen LogP contribution in [0.1, 0.15) is 24.8 Å². The summed E-state index contributed by atoms with van der Waals surface area (Å²) in [6.45, 7) is 4.38. The van der Waals surface area contributed by atoms with Crippen LogP contribution in [0.4, 0.5) is 0 Å². The Morgan fingerprint density at radius 2 is 1.59 bits per heavy atom. The summed E-state index contributed by atoms with van der Waals surface area (Å²) in [5.41, 5.74) is 1.51. The topological polar surface area (TPSA) is 50.8 Å². The molecule has 2 aromatic carbocycles. The lowest BCUT2D eigenvalue weighted by Gasteiger charge is -2.38. The average molecular weight is 417 g/mol. The first-order valence-corrected chi connectivity index (χ1v) is 10.1. The van der Waals surface area contributed by atoms with Gasteiger partial charge in [-0.1, -0.05) is 42.5 Å². The number of nitrogens with one attached hydrogen (secondary N) is 1. The van der Waals surface area contributed by atoms with E-state index in [1.165, 1.54) is 6.42 Å². The Bertz CT molecular complexity index is 784. The molecule has 2 fully saturated rings. The lowest BCUT2D eigenvalue weighted by Crippen LogP contribution is -2.45. The van der Waals surface area contributed by atoms with Crippen LogP contribution in [-0.4, -0.2) is 43.6 Å². The van der Waals surface area contributed by atoms with Crippen LogP contribution >= 0.6 is 12.4 Å². The molecule has 0 radical (unpaired) electrons. The number of hydrogen-bond donors (Lipinski definition) is 1. The molecule has 0 bridgehead atoms. The molecular formula is C23H29ClN2O3. The van der Waals surface area contributed by atoms with Gasteiger partial charge in [-0.05, 0) is 48.9 Å². The Morgan fingerprint density at radius 1 is 0.931 bits per heavy atom. The summed E-state index contributed by atoms with van der Waals surface area (Å²) in [6, 6.07) is 17.5. The predicted octanol–water partition coefficient (Wildman–Crippen LogP) is 3.67. The van der Waals surface area contributed by atoms with Gasteiger partial charge in [0, 0.05) is 19.6 Å². The maximum Gasteiger partial charge on any atom is 0.260 e. The highest BCUT2D eigenvalue weighted by Crippen LogP contribution is 2.37. The van der Waals surface area contributed by atoms with E-state index in [0.29, 0.717) is 23.5 Å². The van der Waals surface area contributed by atoms with Gasteiger partial charge in [0.25, 0.3) is 5.91 Å². The molecule has 156 valence electrons. The van der Waals surface area contributed by atoms with Crippen LogP contribution in [0.15, 0.2) is 54.6 Å². The summed E-state index contributed by atoms with van der Waals surface area (Å²) < 4.78 is 11.7. The molecule has 0 saturated carbocycles. The van der Waals surface area contributed by atoms with E-state index in [2.05, 4.69) is 5.32 Å². The molecule has 5 nitrogen and oxygen atoms in total. The van der Waals surface area contributed by atoms with Crippen LogP contribution in [0.3, 0.4) is 0 Å². The summed E-state index contributed by atoms with van der Waals surface area (Å²) in [6.07, 6.45) is 3.41. The van der Waals surface area contributed by atoms with E-state index >= 15 is 0 Å². The number of carbonyl (C=O) groups is 1. The van der Waals surface area contributed by atoms with Gasteiger partial charge >= 0.3 is 0 Å². The van der Waals surface area contributed by atoms with Crippen LogP contribution in [0.5, 0.6) is 11.5 Å². The Kier molecular flexibility index (Phi) is 7.40. The first-order valence-electron chi connectivity index (χ1n) is 10.1. The Labute approximate surface area is 178 Å². The SMILES string of the molecule is Cl.O=C(COc1ccccc1OCc1ccccc1)N1CCC2(CCNC2)CC1. The van der Waals surface area contributed by atoms with E-state index in [0.717, 1.165) is 44.6 Å². The molecule has 0 atom stereocenters. The van der Waals surface area contributed by atoms with E-state index in [4.69, 9.17) is 9.47 Å². The van der Waals surface area contributed by atoms with Gasteiger partial charge in [-0.3, -0.25) is 4.79 Å². The molecule has 1 amide bonds. The summed E-state index contributed by atoms with van der Waals surface area (Å²) in [5.74, 6) is 1.33. The summed E-state index contributed by atoms with van der Waals surface area (Å²) in [4.78, 5) is 14.6. The number of likely N-dealkylation sites (tertiary alicyclic amines) is 1. The van der Waals surface area contributed by atoms with Crippen molar-refractivity contribution in [2.24, 2.45) is 5.41 Å². The first-order chi connectivity index (χ1) is 13.7. The van der Waals surface area contributed by atoms with Gasteiger partial charge in [0.05, 0.1) is 0 Å². The number of para-hydroxylation sites is 2. The monoisotopic (exact) mass is 416 g/mol. The highest BCUT2D eigenvalue weighted by atomic mass is 35.5. The van der Waals surface area contributed by atoms with Crippen LogP contribution in [0.2, 0.25) is 0 Å². The standard InChI is InChI=1S/C23H28N2O3.ClH/c26-22(25-14-11-23(12-15-25)10-13-24-18-23)17-28-21-9-5-4-8-20(21)27-16-19-6-2-1-3-7-19;/h1-9,24H,10-18H2;1H. The number of hydrogen-bond acceptors (Lipinski definition) is 4. The minimum absolute atomic E-state index is 0. The second kappa shape index (κ2) is 9.99. The lowest BCUT2D eigenvalue weighted by atomic mass is 9.78. The quantitative estimate of drug-likeness (QED) is 0.780. The van der Waals surface area contributed by atoms with Crippen LogP contribution in [0.25, 0.3) is 0 Å². The van der Waals surface area contributed by atoms with Gasteiger partial charge in [-0.2, -0.15) is 0 Å². The summed E-state index contributed by atoms with van der Waals surface area (Å²) >= 11 is 0. The fraction of sp³-hybridized carbons (Fsp3) is 0.435. The van der Waals surface area contributed by atoms with E-state index in [-0.39, 0.29) is 24.9 Å². The number of piperidine rings is 1. The zero-order valence-corrected chi connectivity index (χ0v) is 17.5. The van der Waals surface area contributed by atoms with Crippen molar-refractivity contribution in [1.29, 1.82) is 0 Å². The Balaban J connectivity index is 0.00000240. The highest BCUT2D eigenvalue weighted by molar-refractivity contribution is 5.85. The second-order valence-electron chi connectivity index (χ2n) is 7.82. The van der Waals surface area contributed by atoms with Gasteiger partial charge < -0.3 is 19.7 Å². The van der Waals surface area contributed by atoms with Gasteiger partial charge in [0.15, 0.2) is 18.1 Å². The number of amides is 1. The molecule has 6 heteroatoms. The number of benzene rings is 2. The Hall–Kier alpha value is -2.24. The molecule has 0 aromatic heterocycles. The summed E-state index contributed by atoms with van der Waals surface area (Å²) in [7, 11) is 0. The number of halogens is 1. The molecule has 0 aliphatic carbocycles. The van der Waals surface area contributed by atoms with E-state index in [9.17, 15) is 4.79 Å². The van der Waals surface area contributed by atoms with Crippen LogP contribution in [0, 0.1) is 5.41 Å². The maximum absolute atomic E-state index is 12.6. The normalized spacial score (nSPS) is 17.6. The largest absolute Gasteiger partial charge is 0.485 e. The third-order valence-corrected chi connectivity index (χ3v) is 5.95. The fourth-order valence-electron chi connectivity index (χ4n) is 4.11. The molecule has 2 aromatic rings. The fourth-order valence-corrected chi connectivity index (χ4v) is 4.11. The van der Waals surface area contributed by atoms with Crippen molar-refractivity contribution in [3.63, 3.8) is 0 Å². The van der Waals surface area contributed by atoms with Crippen molar-refractivity contribution in [2.45, 2.75) is 25.9 Å². The Morgan fingerprint density at radius 3 is 2.24 bits per heavy atom. The number of ether oxygens (including phenoxy) is 2. The average Bonchev–Trinajstić information content (AvgIpc) is 3.20. The van der Waals surface area contributed by atoms with E-state index < -0.39 is 0 Å². The van der Waals surface area contributed by atoms with Gasteiger partial charge in [-0.15, -0.1) is 12.4 Å². The molecule has 1 N–H and O–H groups in total. The van der Waals surface area contributed by atoms with Crippen LogP contribution < -0.4 is 14.8 Å². The minimum atomic E-state index is 0. The van der Waals surface area contributed by atoms with Crippen molar-refractivity contribution in [3.8, 4) is 11.5 Å². The van der Waals surface area contributed by atoms with Crippen molar-refractivity contribution in [1.82, 2.24) is 10.2 Å². The lowest BCUT2D eigenvalue weighted by molar-refractivity contribution is -0.135. The first kappa shape index (κ1) is 21.5. The highest BCUT2D eigenvalue weighted by Gasteiger charge is 2.38. The number of nitrogens with zero attached hydrogens (tertiary/aromatic N) is 1. The van der Waals surface area contributed by atoms with Crippen molar-refractivity contribution in [2.75, 3.05) is 32.8 Å². The molecule has 2 aliphatic rings. The van der Waals surface area contributed by atoms with Gasteiger partial charge in [0.2, 0.25) is 0 Å². The molecule has 2 aliphatic heterocycles. The van der Waals surface area contributed by atoms with Crippen molar-refractivity contribution >= 4 is 18.3 Å². The van der Waals surface area contributed by atoms with Gasteiger partial charge in [-0.25, -0.2) is 0 Å². The zero-order chi connectivity index (χ0) is 19.2.